The molecule has 19 heavy (non-hydrogen) atoms. The van der Waals surface area contributed by atoms with Gasteiger partial charge in [-0.15, -0.1) is 0 Å². The molecule has 0 bridgehead atoms. The van der Waals surface area contributed by atoms with Crippen LogP contribution in [0.2, 0.25) is 5.15 Å². The van der Waals surface area contributed by atoms with Crippen molar-refractivity contribution in [3.8, 4) is 17.1 Å². The molecule has 0 aliphatic rings. The van der Waals surface area contributed by atoms with E-state index >= 15 is 0 Å². The fourth-order valence-corrected chi connectivity index (χ4v) is 2.24. The van der Waals surface area contributed by atoms with Gasteiger partial charge < -0.3 is 4.74 Å². The summed E-state index contributed by atoms with van der Waals surface area (Å²) in [4.78, 5) is 8.66. The summed E-state index contributed by atoms with van der Waals surface area (Å²) in [5.41, 5.74) is 2.44. The molecule has 0 aliphatic heterocycles. The predicted molar refractivity (Wildman–Crippen MR) is 73.1 cm³/mol. The summed E-state index contributed by atoms with van der Waals surface area (Å²) in [5.74, 6) is 0.215. The lowest BCUT2D eigenvalue weighted by Gasteiger charge is -2.09. The minimum absolute atomic E-state index is 0.162. The second-order valence-corrected chi connectivity index (χ2v) is 4.46. The maximum absolute atomic E-state index is 13.4. The molecule has 0 atom stereocenters. The van der Waals surface area contributed by atoms with Crippen molar-refractivity contribution in [2.45, 2.75) is 20.3 Å². The summed E-state index contributed by atoms with van der Waals surface area (Å²) in [6.07, 6.45) is 0.775. The van der Waals surface area contributed by atoms with Crippen LogP contribution in [0.4, 0.5) is 4.39 Å². The fraction of sp³-hybridized carbons (Fsp3) is 0.286. The van der Waals surface area contributed by atoms with Gasteiger partial charge >= 0.3 is 0 Å². The van der Waals surface area contributed by atoms with Crippen LogP contribution in [-0.2, 0) is 6.42 Å². The van der Waals surface area contributed by atoms with Gasteiger partial charge in [-0.25, -0.2) is 14.4 Å². The molecular formula is C14H14ClFN2O. The van der Waals surface area contributed by atoms with E-state index < -0.39 is 5.82 Å². The molecule has 0 N–H and O–H groups in total. The Hall–Kier alpha value is -1.68. The van der Waals surface area contributed by atoms with Gasteiger partial charge in [0.15, 0.2) is 17.4 Å². The Kier molecular flexibility index (Phi) is 4.00. The van der Waals surface area contributed by atoms with E-state index in [4.69, 9.17) is 16.3 Å². The third kappa shape index (κ3) is 2.68. The zero-order valence-electron chi connectivity index (χ0n) is 11.0. The molecule has 2 rings (SSSR count). The molecule has 0 fully saturated rings. The van der Waals surface area contributed by atoms with Crippen LogP contribution in [0.1, 0.15) is 18.2 Å². The molecule has 0 radical (unpaired) electrons. The molecule has 1 aromatic carbocycles. The molecule has 5 heteroatoms. The first kappa shape index (κ1) is 13.7. The number of halogens is 2. The molecule has 0 saturated carbocycles. The standard InChI is InChI=1S/C14H14ClFN2O/c1-4-10-8(2)17-14(18-13(10)15)9-5-6-11(16)12(7-9)19-3/h5-7H,4H2,1-3H3. The van der Waals surface area contributed by atoms with Crippen LogP contribution in [0, 0.1) is 12.7 Å². The monoisotopic (exact) mass is 280 g/mol. The first-order valence-electron chi connectivity index (χ1n) is 5.93. The smallest absolute Gasteiger partial charge is 0.165 e. The molecule has 1 aromatic heterocycles. The van der Waals surface area contributed by atoms with E-state index in [1.807, 2.05) is 13.8 Å². The Balaban J connectivity index is 2.53. The van der Waals surface area contributed by atoms with Crippen LogP contribution >= 0.6 is 11.6 Å². The molecule has 2 aromatic rings. The lowest BCUT2D eigenvalue weighted by Crippen LogP contribution is -1.99. The summed E-state index contributed by atoms with van der Waals surface area (Å²) < 4.78 is 18.3. The Morgan fingerprint density at radius 2 is 2.05 bits per heavy atom. The topological polar surface area (TPSA) is 35.0 Å². The molecule has 100 valence electrons. The zero-order valence-corrected chi connectivity index (χ0v) is 11.8. The van der Waals surface area contributed by atoms with Crippen LogP contribution in [0.25, 0.3) is 11.4 Å². The molecule has 0 amide bonds. The summed E-state index contributed by atoms with van der Waals surface area (Å²) in [7, 11) is 1.42. The number of ether oxygens (including phenoxy) is 1. The van der Waals surface area contributed by atoms with Crippen molar-refractivity contribution in [2.75, 3.05) is 7.11 Å². The molecule has 0 aliphatic carbocycles. The number of benzene rings is 1. The zero-order chi connectivity index (χ0) is 14.0. The number of hydrogen-bond acceptors (Lipinski definition) is 3. The van der Waals surface area contributed by atoms with Crippen molar-refractivity contribution >= 4 is 11.6 Å². The molecule has 0 spiro atoms. The highest BCUT2D eigenvalue weighted by Gasteiger charge is 2.12. The molecule has 3 nitrogen and oxygen atoms in total. The minimum atomic E-state index is -0.417. The molecule has 0 saturated heterocycles. The van der Waals surface area contributed by atoms with E-state index in [-0.39, 0.29) is 5.75 Å². The predicted octanol–water partition coefficient (Wildman–Crippen LogP) is 3.82. The highest BCUT2D eigenvalue weighted by atomic mass is 35.5. The van der Waals surface area contributed by atoms with E-state index in [1.165, 1.54) is 13.2 Å². The quantitative estimate of drug-likeness (QED) is 0.802. The lowest BCUT2D eigenvalue weighted by molar-refractivity contribution is 0.386. The number of aryl methyl sites for hydroxylation is 1. The second kappa shape index (κ2) is 5.53. The van der Waals surface area contributed by atoms with Crippen LogP contribution in [0.3, 0.4) is 0 Å². The first-order chi connectivity index (χ1) is 9.06. The van der Waals surface area contributed by atoms with Gasteiger partial charge in [0.25, 0.3) is 0 Å². The number of nitrogens with zero attached hydrogens (tertiary/aromatic N) is 2. The Morgan fingerprint density at radius 3 is 2.63 bits per heavy atom. The highest BCUT2D eigenvalue weighted by Crippen LogP contribution is 2.26. The molecule has 1 heterocycles. The lowest BCUT2D eigenvalue weighted by atomic mass is 10.1. The van der Waals surface area contributed by atoms with Crippen molar-refractivity contribution in [1.82, 2.24) is 9.97 Å². The summed E-state index contributed by atoms with van der Waals surface area (Å²) in [5, 5.41) is 0.438. The van der Waals surface area contributed by atoms with Gasteiger partial charge in [-0.3, -0.25) is 0 Å². The Morgan fingerprint density at radius 1 is 1.32 bits per heavy atom. The van der Waals surface area contributed by atoms with Gasteiger partial charge in [0.2, 0.25) is 0 Å². The van der Waals surface area contributed by atoms with E-state index in [1.54, 1.807) is 12.1 Å². The average Bonchev–Trinajstić information content (AvgIpc) is 2.39. The highest BCUT2D eigenvalue weighted by molar-refractivity contribution is 6.30. The van der Waals surface area contributed by atoms with Gasteiger partial charge in [0, 0.05) is 16.8 Å². The van der Waals surface area contributed by atoms with Crippen LogP contribution < -0.4 is 4.74 Å². The SMILES string of the molecule is CCc1c(C)nc(-c2ccc(F)c(OC)c2)nc1Cl. The average molecular weight is 281 g/mol. The normalized spacial score (nSPS) is 10.6. The number of hydrogen-bond donors (Lipinski definition) is 0. The van der Waals surface area contributed by atoms with Crippen molar-refractivity contribution in [3.05, 3.63) is 40.4 Å². The summed E-state index contributed by atoms with van der Waals surface area (Å²) in [6, 6.07) is 4.50. The van der Waals surface area contributed by atoms with Crippen LogP contribution in [0.5, 0.6) is 5.75 Å². The van der Waals surface area contributed by atoms with Gasteiger partial charge in [-0.2, -0.15) is 0 Å². The third-order valence-corrected chi connectivity index (χ3v) is 3.24. The van der Waals surface area contributed by atoms with Crippen molar-refractivity contribution < 1.29 is 9.13 Å². The van der Waals surface area contributed by atoms with Gasteiger partial charge in [-0.05, 0) is 31.5 Å². The van der Waals surface area contributed by atoms with Gasteiger partial charge in [-0.1, -0.05) is 18.5 Å². The molecular weight excluding hydrogens is 267 g/mol. The number of aromatic nitrogens is 2. The fourth-order valence-electron chi connectivity index (χ4n) is 1.89. The van der Waals surface area contributed by atoms with Gasteiger partial charge in [0.1, 0.15) is 5.15 Å². The van der Waals surface area contributed by atoms with Crippen molar-refractivity contribution in [1.29, 1.82) is 0 Å². The van der Waals surface area contributed by atoms with Crippen molar-refractivity contribution in [2.24, 2.45) is 0 Å². The van der Waals surface area contributed by atoms with Crippen LogP contribution in [0.15, 0.2) is 18.2 Å². The Bertz CT molecular complexity index is 593. The van der Waals surface area contributed by atoms with E-state index in [0.29, 0.717) is 16.5 Å². The second-order valence-electron chi connectivity index (χ2n) is 4.10. The summed E-state index contributed by atoms with van der Waals surface area (Å²) in [6.45, 7) is 3.88. The minimum Gasteiger partial charge on any atom is -0.494 e. The number of rotatable bonds is 3. The summed E-state index contributed by atoms with van der Waals surface area (Å²) >= 11 is 6.13. The maximum atomic E-state index is 13.4. The maximum Gasteiger partial charge on any atom is 0.165 e. The van der Waals surface area contributed by atoms with Crippen LogP contribution in [-0.4, -0.2) is 17.1 Å². The number of methoxy groups -OCH3 is 1. The van der Waals surface area contributed by atoms with E-state index in [9.17, 15) is 4.39 Å². The largest absolute Gasteiger partial charge is 0.494 e. The van der Waals surface area contributed by atoms with E-state index in [0.717, 1.165) is 17.7 Å². The van der Waals surface area contributed by atoms with Gasteiger partial charge in [0.05, 0.1) is 7.11 Å². The third-order valence-electron chi connectivity index (χ3n) is 2.93. The first-order valence-corrected chi connectivity index (χ1v) is 6.31. The molecule has 0 unspecified atom stereocenters. The van der Waals surface area contributed by atoms with E-state index in [2.05, 4.69) is 9.97 Å². The van der Waals surface area contributed by atoms with Crippen molar-refractivity contribution in [3.63, 3.8) is 0 Å². The Labute approximate surface area is 116 Å².